The Morgan fingerprint density at radius 2 is 2.50 bits per heavy atom. The van der Waals surface area contributed by atoms with Gasteiger partial charge in [0.2, 0.25) is 0 Å². The van der Waals surface area contributed by atoms with E-state index in [-0.39, 0.29) is 18.2 Å². The van der Waals surface area contributed by atoms with E-state index in [0.29, 0.717) is 0 Å². The molecule has 0 bridgehead atoms. The van der Waals surface area contributed by atoms with Gasteiger partial charge in [0.1, 0.15) is 6.10 Å². The Kier molecular flexibility index (Phi) is 4.56. The number of carbonyl (C=O) groups excluding carboxylic acids is 1. The molecule has 1 heterocycles. The third-order valence-corrected chi connectivity index (χ3v) is 2.14. The second-order valence-corrected chi connectivity index (χ2v) is 3.21. The lowest BCUT2D eigenvalue weighted by molar-refractivity contribution is -0.156. The van der Waals surface area contributed by atoms with E-state index in [1.807, 2.05) is 6.08 Å². The van der Waals surface area contributed by atoms with Crippen LogP contribution in [0.25, 0.3) is 0 Å². The quantitative estimate of drug-likeness (QED) is 0.497. The lowest BCUT2D eigenvalue weighted by Crippen LogP contribution is -2.32. The molecule has 0 fully saturated rings. The topological polar surface area (TPSA) is 35.5 Å². The molecule has 0 amide bonds. The van der Waals surface area contributed by atoms with Crippen molar-refractivity contribution in [2.75, 3.05) is 7.11 Å². The van der Waals surface area contributed by atoms with Crippen LogP contribution in [0.1, 0.15) is 19.3 Å². The molecule has 1 unspecified atom stereocenters. The maximum absolute atomic E-state index is 11.4. The molecular formula is C11H16O3. The van der Waals surface area contributed by atoms with Crippen LogP contribution >= 0.6 is 0 Å². The monoisotopic (exact) mass is 196 g/mol. The molecule has 3 heteroatoms. The van der Waals surface area contributed by atoms with Gasteiger partial charge in [-0.1, -0.05) is 6.08 Å². The summed E-state index contributed by atoms with van der Waals surface area (Å²) in [6.45, 7) is 3.63. The average molecular weight is 196 g/mol. The molecule has 3 nitrogen and oxygen atoms in total. The largest absolute Gasteiger partial charge is 0.352 e. The third-order valence-electron chi connectivity index (χ3n) is 2.14. The van der Waals surface area contributed by atoms with Crippen molar-refractivity contribution in [2.45, 2.75) is 31.7 Å². The molecule has 1 rings (SSSR count). The Bertz CT molecular complexity index is 233. The average Bonchev–Trinajstić information content (AvgIpc) is 2.21. The normalized spacial score (nSPS) is 26.5. The second-order valence-electron chi connectivity index (χ2n) is 3.21. The van der Waals surface area contributed by atoms with Crippen LogP contribution in [0.5, 0.6) is 0 Å². The molecule has 0 spiro atoms. The van der Waals surface area contributed by atoms with E-state index in [1.54, 1.807) is 13.2 Å². The van der Waals surface area contributed by atoms with Gasteiger partial charge in [0, 0.05) is 7.11 Å². The minimum Gasteiger partial charge on any atom is -0.352 e. The number of methoxy groups -OCH3 is 1. The Balaban J connectivity index is 2.40. The highest BCUT2D eigenvalue weighted by Gasteiger charge is 2.24. The van der Waals surface area contributed by atoms with Gasteiger partial charge in [-0.25, -0.2) is 0 Å². The Morgan fingerprint density at radius 3 is 3.14 bits per heavy atom. The van der Waals surface area contributed by atoms with Crippen molar-refractivity contribution >= 4 is 5.78 Å². The smallest absolute Gasteiger partial charge is 0.184 e. The highest BCUT2D eigenvalue weighted by molar-refractivity contribution is 5.94. The maximum Gasteiger partial charge on any atom is 0.184 e. The zero-order chi connectivity index (χ0) is 10.4. The van der Waals surface area contributed by atoms with Crippen LogP contribution in [0.3, 0.4) is 0 Å². The minimum absolute atomic E-state index is 0.0300. The van der Waals surface area contributed by atoms with Gasteiger partial charge in [-0.05, 0) is 31.4 Å². The van der Waals surface area contributed by atoms with E-state index in [0.717, 1.165) is 19.3 Å². The van der Waals surface area contributed by atoms with Crippen LogP contribution in [0.2, 0.25) is 0 Å². The zero-order valence-corrected chi connectivity index (χ0v) is 8.44. The fourth-order valence-electron chi connectivity index (χ4n) is 1.35. The number of rotatable bonds is 5. The van der Waals surface area contributed by atoms with Gasteiger partial charge in [-0.3, -0.25) is 4.79 Å². The summed E-state index contributed by atoms with van der Waals surface area (Å²) in [5.41, 5.74) is 0. The van der Waals surface area contributed by atoms with E-state index in [4.69, 9.17) is 9.47 Å². The molecule has 1 aliphatic rings. The Hall–Kier alpha value is -0.930. The summed E-state index contributed by atoms with van der Waals surface area (Å²) in [7, 11) is 1.56. The van der Waals surface area contributed by atoms with E-state index < -0.39 is 0 Å². The fourth-order valence-corrected chi connectivity index (χ4v) is 1.35. The predicted octanol–water partition coefficient (Wildman–Crippen LogP) is 1.84. The summed E-state index contributed by atoms with van der Waals surface area (Å²) in [6.07, 6.45) is 6.86. The molecule has 0 saturated heterocycles. The second kappa shape index (κ2) is 5.73. The van der Waals surface area contributed by atoms with Crippen LogP contribution in [0.15, 0.2) is 24.8 Å². The number of ether oxygens (including phenoxy) is 2. The van der Waals surface area contributed by atoms with Crippen LogP contribution in [-0.4, -0.2) is 25.3 Å². The molecule has 0 saturated carbocycles. The summed E-state index contributed by atoms with van der Waals surface area (Å²) in [5, 5.41) is 0. The number of unbranched alkanes of at least 4 members (excludes halogenated alkanes) is 1. The van der Waals surface area contributed by atoms with Gasteiger partial charge in [0.25, 0.3) is 0 Å². The van der Waals surface area contributed by atoms with Crippen molar-refractivity contribution in [2.24, 2.45) is 0 Å². The molecule has 0 radical (unpaired) electrons. The highest BCUT2D eigenvalue weighted by Crippen LogP contribution is 2.15. The first kappa shape index (κ1) is 11.1. The first-order valence-corrected chi connectivity index (χ1v) is 4.79. The lowest BCUT2D eigenvalue weighted by atomic mass is 10.1. The molecular weight excluding hydrogens is 180 g/mol. The zero-order valence-electron chi connectivity index (χ0n) is 8.44. The molecule has 0 aromatic rings. The summed E-state index contributed by atoms with van der Waals surface area (Å²) in [5.74, 6) is 0.0300. The van der Waals surface area contributed by atoms with Crippen LogP contribution in [-0.2, 0) is 14.3 Å². The predicted molar refractivity (Wildman–Crippen MR) is 53.9 cm³/mol. The van der Waals surface area contributed by atoms with Crippen LogP contribution in [0, 0.1) is 0 Å². The molecule has 0 aromatic heterocycles. The van der Waals surface area contributed by atoms with Gasteiger partial charge in [-0.2, -0.15) is 0 Å². The van der Waals surface area contributed by atoms with Crippen molar-refractivity contribution in [1.29, 1.82) is 0 Å². The summed E-state index contributed by atoms with van der Waals surface area (Å²) in [6, 6.07) is 0. The first-order chi connectivity index (χ1) is 6.77. The van der Waals surface area contributed by atoms with Crippen molar-refractivity contribution in [3.63, 3.8) is 0 Å². The molecule has 2 atom stereocenters. The number of allylic oxidation sites excluding steroid dienone is 1. The fraction of sp³-hybridized carbons (Fsp3) is 0.545. The van der Waals surface area contributed by atoms with E-state index >= 15 is 0 Å². The van der Waals surface area contributed by atoms with Crippen molar-refractivity contribution in [1.82, 2.24) is 0 Å². The van der Waals surface area contributed by atoms with Crippen molar-refractivity contribution in [3.8, 4) is 0 Å². The Morgan fingerprint density at radius 1 is 1.71 bits per heavy atom. The molecule has 0 aromatic carbocycles. The molecule has 14 heavy (non-hydrogen) atoms. The summed E-state index contributed by atoms with van der Waals surface area (Å²) < 4.78 is 10.4. The van der Waals surface area contributed by atoms with Gasteiger partial charge in [0.05, 0.1) is 0 Å². The summed E-state index contributed by atoms with van der Waals surface area (Å²) in [4.78, 5) is 11.4. The Labute approximate surface area is 84.4 Å². The van der Waals surface area contributed by atoms with Crippen LogP contribution < -0.4 is 0 Å². The molecule has 1 aliphatic heterocycles. The van der Waals surface area contributed by atoms with Gasteiger partial charge < -0.3 is 9.47 Å². The highest BCUT2D eigenvalue weighted by atomic mass is 16.7. The van der Waals surface area contributed by atoms with Crippen molar-refractivity contribution in [3.05, 3.63) is 24.8 Å². The van der Waals surface area contributed by atoms with E-state index in [2.05, 4.69) is 6.58 Å². The third kappa shape index (κ3) is 3.09. The SMILES string of the molecule is C=CCCC[C@@H]1OC(OC)C=CC1=O. The van der Waals surface area contributed by atoms with Gasteiger partial charge in [-0.15, -0.1) is 6.58 Å². The number of hydrogen-bond acceptors (Lipinski definition) is 3. The number of hydrogen-bond donors (Lipinski definition) is 0. The maximum atomic E-state index is 11.4. The number of carbonyl (C=O) groups is 1. The molecule has 78 valence electrons. The standard InChI is InChI=1S/C11H16O3/c1-3-4-5-6-10-9(12)7-8-11(13-2)14-10/h3,7-8,10-11H,1,4-6H2,2H3/t10-,11?/m0/s1. The van der Waals surface area contributed by atoms with E-state index in [1.165, 1.54) is 6.08 Å². The first-order valence-electron chi connectivity index (χ1n) is 4.79. The summed E-state index contributed by atoms with van der Waals surface area (Å²) >= 11 is 0. The van der Waals surface area contributed by atoms with Gasteiger partial charge in [0.15, 0.2) is 12.1 Å². The van der Waals surface area contributed by atoms with Gasteiger partial charge >= 0.3 is 0 Å². The number of ketones is 1. The van der Waals surface area contributed by atoms with Crippen LogP contribution in [0.4, 0.5) is 0 Å². The molecule has 0 aliphatic carbocycles. The molecule has 0 N–H and O–H groups in total. The van der Waals surface area contributed by atoms with E-state index in [9.17, 15) is 4.79 Å². The van der Waals surface area contributed by atoms with Crippen molar-refractivity contribution < 1.29 is 14.3 Å². The lowest BCUT2D eigenvalue weighted by Gasteiger charge is -2.23. The minimum atomic E-state index is -0.374.